The standard InChI is InChI=1S/C14H21NO4/c1-11-4-3-5-13(12(11)2)19-10-14(17)15-6-8-18-9-7-16/h3-5,16H,6-10H2,1-2H3,(H,15,17). The van der Waals surface area contributed by atoms with Gasteiger partial charge in [0.1, 0.15) is 5.75 Å². The molecule has 1 rings (SSSR count). The first kappa shape index (κ1) is 15.5. The lowest BCUT2D eigenvalue weighted by Gasteiger charge is -2.11. The van der Waals surface area contributed by atoms with E-state index in [1.165, 1.54) is 0 Å². The first-order chi connectivity index (χ1) is 9.15. The average molecular weight is 267 g/mol. The molecule has 2 N–H and O–H groups in total. The van der Waals surface area contributed by atoms with E-state index in [1.807, 2.05) is 32.0 Å². The second-order valence-electron chi connectivity index (χ2n) is 4.17. The van der Waals surface area contributed by atoms with Gasteiger partial charge in [-0.15, -0.1) is 0 Å². The van der Waals surface area contributed by atoms with Crippen LogP contribution in [0.1, 0.15) is 11.1 Å². The first-order valence-corrected chi connectivity index (χ1v) is 6.29. The fourth-order valence-electron chi connectivity index (χ4n) is 1.50. The molecular formula is C14H21NO4. The van der Waals surface area contributed by atoms with Gasteiger partial charge in [0.2, 0.25) is 0 Å². The molecule has 0 atom stereocenters. The third-order valence-corrected chi connectivity index (χ3v) is 2.72. The van der Waals surface area contributed by atoms with Crippen molar-refractivity contribution in [1.29, 1.82) is 0 Å². The molecule has 0 aliphatic heterocycles. The molecular weight excluding hydrogens is 246 g/mol. The monoisotopic (exact) mass is 267 g/mol. The van der Waals surface area contributed by atoms with Crippen molar-refractivity contribution in [2.75, 3.05) is 33.0 Å². The van der Waals surface area contributed by atoms with Gasteiger partial charge >= 0.3 is 0 Å². The van der Waals surface area contributed by atoms with Gasteiger partial charge in [-0.1, -0.05) is 12.1 Å². The summed E-state index contributed by atoms with van der Waals surface area (Å²) in [5.41, 5.74) is 2.18. The summed E-state index contributed by atoms with van der Waals surface area (Å²) < 4.78 is 10.5. The SMILES string of the molecule is Cc1cccc(OCC(=O)NCCOCCO)c1C. The van der Waals surface area contributed by atoms with E-state index in [9.17, 15) is 4.79 Å². The van der Waals surface area contributed by atoms with Gasteiger partial charge in [-0.05, 0) is 31.0 Å². The summed E-state index contributed by atoms with van der Waals surface area (Å²) in [6, 6.07) is 5.75. The second-order valence-corrected chi connectivity index (χ2v) is 4.17. The Hall–Kier alpha value is -1.59. The molecule has 0 saturated heterocycles. The van der Waals surface area contributed by atoms with Crippen molar-refractivity contribution < 1.29 is 19.4 Å². The third-order valence-electron chi connectivity index (χ3n) is 2.72. The predicted molar refractivity (Wildman–Crippen MR) is 72.3 cm³/mol. The lowest BCUT2D eigenvalue weighted by atomic mass is 10.1. The van der Waals surface area contributed by atoms with E-state index in [0.717, 1.165) is 16.9 Å². The number of rotatable bonds is 8. The van der Waals surface area contributed by atoms with Crippen molar-refractivity contribution >= 4 is 5.91 Å². The number of ether oxygens (including phenoxy) is 2. The minimum Gasteiger partial charge on any atom is -0.483 e. The molecule has 5 nitrogen and oxygen atoms in total. The molecule has 1 amide bonds. The minimum absolute atomic E-state index is 0.00963. The van der Waals surface area contributed by atoms with Crippen LogP contribution in [0.2, 0.25) is 0 Å². The molecule has 0 fully saturated rings. The fraction of sp³-hybridized carbons (Fsp3) is 0.500. The van der Waals surface area contributed by atoms with Crippen LogP contribution >= 0.6 is 0 Å². The summed E-state index contributed by atoms with van der Waals surface area (Å²) in [6.07, 6.45) is 0. The first-order valence-electron chi connectivity index (χ1n) is 6.29. The van der Waals surface area contributed by atoms with E-state index in [4.69, 9.17) is 14.6 Å². The summed E-state index contributed by atoms with van der Waals surface area (Å²) in [6.45, 7) is 5.03. The molecule has 0 saturated carbocycles. The normalized spacial score (nSPS) is 10.3. The van der Waals surface area contributed by atoms with E-state index in [0.29, 0.717) is 13.2 Å². The number of benzene rings is 1. The molecule has 0 radical (unpaired) electrons. The number of hydrogen-bond donors (Lipinski definition) is 2. The zero-order valence-electron chi connectivity index (χ0n) is 11.4. The molecule has 5 heteroatoms. The molecule has 0 aromatic heterocycles. The van der Waals surface area contributed by atoms with Crippen molar-refractivity contribution in [2.45, 2.75) is 13.8 Å². The summed E-state index contributed by atoms with van der Waals surface area (Å²) in [5, 5.41) is 11.2. The number of nitrogens with one attached hydrogen (secondary N) is 1. The van der Waals surface area contributed by atoms with E-state index < -0.39 is 0 Å². The largest absolute Gasteiger partial charge is 0.483 e. The molecule has 0 unspecified atom stereocenters. The minimum atomic E-state index is -0.187. The third kappa shape index (κ3) is 5.72. The quantitative estimate of drug-likeness (QED) is 0.684. The van der Waals surface area contributed by atoms with Crippen LogP contribution in [-0.4, -0.2) is 44.0 Å². The summed E-state index contributed by atoms with van der Waals surface area (Å²) in [7, 11) is 0. The number of aliphatic hydroxyl groups excluding tert-OH is 1. The highest BCUT2D eigenvalue weighted by molar-refractivity contribution is 5.77. The van der Waals surface area contributed by atoms with Gasteiger partial charge in [-0.2, -0.15) is 0 Å². The van der Waals surface area contributed by atoms with Gasteiger partial charge in [0.25, 0.3) is 5.91 Å². The van der Waals surface area contributed by atoms with E-state index >= 15 is 0 Å². The lowest BCUT2D eigenvalue weighted by Crippen LogP contribution is -2.32. The van der Waals surface area contributed by atoms with Gasteiger partial charge in [0.05, 0.1) is 19.8 Å². The second kappa shape index (κ2) is 8.50. The Kier molecular flexibility index (Phi) is 6.92. The Bertz CT molecular complexity index is 406. The van der Waals surface area contributed by atoms with Crippen LogP contribution in [0.3, 0.4) is 0 Å². The van der Waals surface area contributed by atoms with Gasteiger partial charge in [0, 0.05) is 6.54 Å². The maximum atomic E-state index is 11.5. The molecule has 106 valence electrons. The maximum absolute atomic E-state index is 11.5. The van der Waals surface area contributed by atoms with Crippen molar-refractivity contribution in [1.82, 2.24) is 5.32 Å². The van der Waals surface area contributed by atoms with Gasteiger partial charge in [0.15, 0.2) is 6.61 Å². The van der Waals surface area contributed by atoms with Crippen molar-refractivity contribution in [2.24, 2.45) is 0 Å². The average Bonchev–Trinajstić information content (AvgIpc) is 2.40. The number of amides is 1. The molecule has 0 aliphatic carbocycles. The van der Waals surface area contributed by atoms with Crippen LogP contribution in [0, 0.1) is 13.8 Å². The topological polar surface area (TPSA) is 67.8 Å². The molecule has 0 heterocycles. The van der Waals surface area contributed by atoms with Gasteiger partial charge < -0.3 is 19.9 Å². The van der Waals surface area contributed by atoms with Crippen molar-refractivity contribution in [3.63, 3.8) is 0 Å². The maximum Gasteiger partial charge on any atom is 0.258 e. The van der Waals surface area contributed by atoms with Crippen LogP contribution in [-0.2, 0) is 9.53 Å². The lowest BCUT2D eigenvalue weighted by molar-refractivity contribution is -0.123. The Morgan fingerprint density at radius 2 is 2.11 bits per heavy atom. The van der Waals surface area contributed by atoms with Crippen LogP contribution < -0.4 is 10.1 Å². The zero-order chi connectivity index (χ0) is 14.1. The highest BCUT2D eigenvalue weighted by Crippen LogP contribution is 2.20. The van der Waals surface area contributed by atoms with Crippen LogP contribution in [0.25, 0.3) is 0 Å². The number of carbonyl (C=O) groups excluding carboxylic acids is 1. The summed E-state index contributed by atoms with van der Waals surface area (Å²) in [5.74, 6) is 0.542. The number of carbonyl (C=O) groups is 1. The highest BCUT2D eigenvalue weighted by atomic mass is 16.5. The Labute approximate surface area is 113 Å². The van der Waals surface area contributed by atoms with E-state index in [2.05, 4.69) is 5.32 Å². The Morgan fingerprint density at radius 1 is 1.32 bits per heavy atom. The number of hydrogen-bond acceptors (Lipinski definition) is 4. The van der Waals surface area contributed by atoms with Gasteiger partial charge in [-0.3, -0.25) is 4.79 Å². The van der Waals surface area contributed by atoms with Crippen molar-refractivity contribution in [3.05, 3.63) is 29.3 Å². The summed E-state index contributed by atoms with van der Waals surface area (Å²) >= 11 is 0. The molecule has 0 bridgehead atoms. The zero-order valence-corrected chi connectivity index (χ0v) is 11.4. The number of aryl methyl sites for hydroxylation is 1. The van der Waals surface area contributed by atoms with Crippen LogP contribution in [0.4, 0.5) is 0 Å². The summed E-state index contributed by atoms with van der Waals surface area (Å²) in [4.78, 5) is 11.5. The predicted octanol–water partition coefficient (Wildman–Crippen LogP) is 0.807. The Balaban J connectivity index is 2.24. The van der Waals surface area contributed by atoms with Gasteiger partial charge in [-0.25, -0.2) is 0 Å². The van der Waals surface area contributed by atoms with Crippen LogP contribution in [0.15, 0.2) is 18.2 Å². The molecule has 0 aliphatic rings. The van der Waals surface area contributed by atoms with E-state index in [1.54, 1.807) is 0 Å². The molecule has 19 heavy (non-hydrogen) atoms. The van der Waals surface area contributed by atoms with Crippen molar-refractivity contribution in [3.8, 4) is 5.75 Å². The smallest absolute Gasteiger partial charge is 0.258 e. The molecule has 0 spiro atoms. The van der Waals surface area contributed by atoms with E-state index in [-0.39, 0.29) is 25.7 Å². The Morgan fingerprint density at radius 3 is 2.84 bits per heavy atom. The molecule has 1 aromatic rings. The fourth-order valence-corrected chi connectivity index (χ4v) is 1.50. The molecule has 1 aromatic carbocycles. The number of aliphatic hydroxyl groups is 1. The highest BCUT2D eigenvalue weighted by Gasteiger charge is 2.05. The van der Waals surface area contributed by atoms with Crippen LogP contribution in [0.5, 0.6) is 5.75 Å².